The van der Waals surface area contributed by atoms with E-state index in [1.165, 1.54) is 16.5 Å². The van der Waals surface area contributed by atoms with E-state index in [-0.39, 0.29) is 5.41 Å². The van der Waals surface area contributed by atoms with Gasteiger partial charge < -0.3 is 0 Å². The van der Waals surface area contributed by atoms with E-state index in [4.69, 9.17) is 4.98 Å². The van der Waals surface area contributed by atoms with E-state index < -0.39 is 0 Å². The van der Waals surface area contributed by atoms with Crippen LogP contribution in [0.2, 0.25) is 0 Å². The summed E-state index contributed by atoms with van der Waals surface area (Å²) in [5, 5.41) is 2.36. The van der Waals surface area contributed by atoms with Crippen molar-refractivity contribution in [2.75, 3.05) is 0 Å². The molecule has 24 heavy (non-hydrogen) atoms. The van der Waals surface area contributed by atoms with Crippen LogP contribution in [0.4, 0.5) is 0 Å². The third-order valence-corrected chi connectivity index (χ3v) is 4.41. The average molecular weight is 312 g/mol. The van der Waals surface area contributed by atoms with Gasteiger partial charge in [-0.2, -0.15) is 0 Å². The maximum atomic E-state index is 4.95. The molecule has 0 radical (unpaired) electrons. The van der Waals surface area contributed by atoms with Crippen molar-refractivity contribution in [1.29, 1.82) is 0 Å². The molecule has 0 fully saturated rings. The summed E-state index contributed by atoms with van der Waals surface area (Å²) < 4.78 is 0. The molecule has 2 nitrogen and oxygen atoms in total. The summed E-state index contributed by atoms with van der Waals surface area (Å²) in [5.41, 5.74) is 5.36. The first-order valence-electron chi connectivity index (χ1n) is 8.28. The van der Waals surface area contributed by atoms with Gasteiger partial charge in [0.1, 0.15) is 0 Å². The second-order valence-electron chi connectivity index (χ2n) is 7.24. The van der Waals surface area contributed by atoms with Crippen LogP contribution in [0.25, 0.3) is 32.9 Å². The molecule has 0 unspecified atom stereocenters. The Kier molecular flexibility index (Phi) is 3.34. The highest BCUT2D eigenvalue weighted by Gasteiger charge is 2.17. The van der Waals surface area contributed by atoms with Crippen molar-refractivity contribution >= 4 is 21.8 Å². The number of aromatic nitrogens is 2. The van der Waals surface area contributed by atoms with Crippen molar-refractivity contribution in [2.24, 2.45) is 0 Å². The normalized spacial score (nSPS) is 12.0. The molecule has 0 bridgehead atoms. The van der Waals surface area contributed by atoms with Crippen LogP contribution in [0.3, 0.4) is 0 Å². The van der Waals surface area contributed by atoms with Crippen LogP contribution in [-0.4, -0.2) is 9.97 Å². The monoisotopic (exact) mass is 312 g/mol. The fourth-order valence-corrected chi connectivity index (χ4v) is 2.97. The van der Waals surface area contributed by atoms with E-state index in [1.54, 1.807) is 0 Å². The molecule has 1 heterocycles. The Labute approximate surface area is 142 Å². The van der Waals surface area contributed by atoms with Gasteiger partial charge in [-0.25, -0.2) is 4.98 Å². The van der Waals surface area contributed by atoms with E-state index >= 15 is 0 Å². The first kappa shape index (κ1) is 14.8. The molecule has 0 atom stereocenters. The predicted molar refractivity (Wildman–Crippen MR) is 101 cm³/mol. The van der Waals surface area contributed by atoms with Crippen LogP contribution in [0.5, 0.6) is 0 Å². The summed E-state index contributed by atoms with van der Waals surface area (Å²) in [6.45, 7) is 6.51. The smallest absolute Gasteiger partial charge is 0.0968 e. The van der Waals surface area contributed by atoms with Crippen molar-refractivity contribution in [3.8, 4) is 11.1 Å². The van der Waals surface area contributed by atoms with Crippen molar-refractivity contribution in [3.63, 3.8) is 0 Å². The fraction of sp³-hybridized carbons (Fsp3) is 0.182. The molecule has 4 aromatic rings. The standard InChI is InChI=1S/C22H20N2/c1-22(2,3)20-14-23-19-12-11-16-9-10-17(13-18(16)21(19)24-20)15-7-5-4-6-8-15/h4-14H,1-3H3. The lowest BCUT2D eigenvalue weighted by atomic mass is 9.92. The molecular weight excluding hydrogens is 292 g/mol. The van der Waals surface area contributed by atoms with Gasteiger partial charge in [0.05, 0.1) is 16.7 Å². The molecule has 0 N–H and O–H groups in total. The van der Waals surface area contributed by atoms with Gasteiger partial charge in [0.25, 0.3) is 0 Å². The summed E-state index contributed by atoms with van der Waals surface area (Å²) in [7, 11) is 0. The molecule has 4 rings (SSSR count). The van der Waals surface area contributed by atoms with E-state index in [2.05, 4.69) is 80.4 Å². The Morgan fingerprint density at radius 3 is 2.29 bits per heavy atom. The molecule has 0 amide bonds. The average Bonchev–Trinajstić information content (AvgIpc) is 2.60. The SMILES string of the molecule is CC(C)(C)c1cnc2ccc3ccc(-c4ccccc4)cc3c2n1. The molecular formula is C22H20N2. The van der Waals surface area contributed by atoms with E-state index in [0.29, 0.717) is 0 Å². The molecule has 0 aliphatic heterocycles. The second kappa shape index (κ2) is 5.41. The molecule has 0 saturated carbocycles. The van der Waals surface area contributed by atoms with E-state index in [9.17, 15) is 0 Å². The highest BCUT2D eigenvalue weighted by atomic mass is 14.8. The fourth-order valence-electron chi connectivity index (χ4n) is 2.97. The van der Waals surface area contributed by atoms with Gasteiger partial charge in [0, 0.05) is 17.0 Å². The van der Waals surface area contributed by atoms with Gasteiger partial charge in [-0.05, 0) is 28.6 Å². The maximum absolute atomic E-state index is 4.95. The minimum absolute atomic E-state index is 0.0135. The Hall–Kier alpha value is -2.74. The third-order valence-electron chi connectivity index (χ3n) is 4.41. The quantitative estimate of drug-likeness (QED) is 0.418. The lowest BCUT2D eigenvalue weighted by Crippen LogP contribution is -2.13. The molecule has 3 aromatic carbocycles. The van der Waals surface area contributed by atoms with Crippen molar-refractivity contribution in [3.05, 3.63) is 72.6 Å². The molecule has 0 aliphatic rings. The van der Waals surface area contributed by atoms with Crippen LogP contribution < -0.4 is 0 Å². The largest absolute Gasteiger partial charge is 0.253 e. The second-order valence-corrected chi connectivity index (χ2v) is 7.24. The Balaban J connectivity index is 2.01. The molecule has 0 aliphatic carbocycles. The summed E-state index contributed by atoms with van der Waals surface area (Å²) in [6.07, 6.45) is 1.90. The number of benzene rings is 3. The van der Waals surface area contributed by atoms with Crippen LogP contribution in [0.1, 0.15) is 26.5 Å². The summed E-state index contributed by atoms with van der Waals surface area (Å²) in [6, 6.07) is 21.2. The molecule has 1 aromatic heterocycles. The number of nitrogens with zero attached hydrogens (tertiary/aromatic N) is 2. The van der Waals surface area contributed by atoms with Gasteiger partial charge in [-0.15, -0.1) is 0 Å². The van der Waals surface area contributed by atoms with Crippen molar-refractivity contribution in [1.82, 2.24) is 9.97 Å². The van der Waals surface area contributed by atoms with Gasteiger partial charge in [0.15, 0.2) is 0 Å². The lowest BCUT2D eigenvalue weighted by Gasteiger charge is -2.18. The van der Waals surface area contributed by atoms with Gasteiger partial charge in [-0.1, -0.05) is 69.3 Å². The summed E-state index contributed by atoms with van der Waals surface area (Å²) >= 11 is 0. The van der Waals surface area contributed by atoms with Crippen molar-refractivity contribution < 1.29 is 0 Å². The maximum Gasteiger partial charge on any atom is 0.0968 e. The van der Waals surface area contributed by atoms with Crippen LogP contribution in [-0.2, 0) is 5.41 Å². The Morgan fingerprint density at radius 2 is 1.54 bits per heavy atom. The minimum atomic E-state index is -0.0135. The topological polar surface area (TPSA) is 25.8 Å². The van der Waals surface area contributed by atoms with Gasteiger partial charge in [0.2, 0.25) is 0 Å². The first-order valence-corrected chi connectivity index (χ1v) is 8.28. The van der Waals surface area contributed by atoms with Crippen molar-refractivity contribution in [2.45, 2.75) is 26.2 Å². The third kappa shape index (κ3) is 2.54. The number of fused-ring (bicyclic) bond motifs is 3. The number of hydrogen-bond donors (Lipinski definition) is 0. The predicted octanol–water partition coefficient (Wildman–Crippen LogP) is 5.75. The van der Waals surface area contributed by atoms with E-state index in [0.717, 1.165) is 22.1 Å². The molecule has 0 spiro atoms. The van der Waals surface area contributed by atoms with Crippen LogP contribution >= 0.6 is 0 Å². The zero-order valence-corrected chi connectivity index (χ0v) is 14.2. The Morgan fingerprint density at radius 1 is 0.792 bits per heavy atom. The minimum Gasteiger partial charge on any atom is -0.253 e. The number of rotatable bonds is 1. The molecule has 0 saturated heterocycles. The Bertz CT molecular complexity index is 1030. The first-order chi connectivity index (χ1) is 11.5. The summed E-state index contributed by atoms with van der Waals surface area (Å²) in [5.74, 6) is 0. The van der Waals surface area contributed by atoms with Crippen LogP contribution in [0, 0.1) is 0 Å². The zero-order valence-electron chi connectivity index (χ0n) is 14.2. The van der Waals surface area contributed by atoms with Gasteiger partial charge >= 0.3 is 0 Å². The highest BCUT2D eigenvalue weighted by molar-refractivity contribution is 6.05. The molecule has 118 valence electrons. The summed E-state index contributed by atoms with van der Waals surface area (Å²) in [4.78, 5) is 9.58. The van der Waals surface area contributed by atoms with E-state index in [1.807, 2.05) is 12.3 Å². The van der Waals surface area contributed by atoms with Crippen LogP contribution in [0.15, 0.2) is 66.9 Å². The highest BCUT2D eigenvalue weighted by Crippen LogP contribution is 2.30. The zero-order chi connectivity index (χ0) is 16.7. The molecule has 2 heteroatoms. The van der Waals surface area contributed by atoms with Gasteiger partial charge in [-0.3, -0.25) is 4.98 Å². The lowest BCUT2D eigenvalue weighted by molar-refractivity contribution is 0.569. The number of hydrogen-bond acceptors (Lipinski definition) is 2.